The first-order valence-electron chi connectivity index (χ1n) is 25.3. The molecule has 4 nitrogen and oxygen atoms in total. The van der Waals surface area contributed by atoms with Gasteiger partial charge in [0.2, 0.25) is 0 Å². The zero-order valence-corrected chi connectivity index (χ0v) is 38.0. The number of phenols is 1. The first-order chi connectivity index (χ1) is 32.5. The molecule has 0 aliphatic rings. The van der Waals surface area contributed by atoms with Crippen LogP contribution in [-0.4, -0.2) is 19.6 Å². The molecule has 2 heterocycles. The summed E-state index contributed by atoms with van der Waals surface area (Å²) in [6.45, 7) is 24.2. The van der Waals surface area contributed by atoms with Crippen LogP contribution in [0.25, 0.3) is 72.7 Å². The molecule has 0 saturated heterocycles. The lowest BCUT2D eigenvalue weighted by molar-refractivity contribution is 0.446. The largest absolute Gasteiger partial charge is 0.507 e. The average Bonchev–Trinajstić information content (AvgIpc) is 3.68. The van der Waals surface area contributed by atoms with Crippen LogP contribution in [0.4, 0.5) is 0 Å². The number of aromatic hydroxyl groups is 1. The van der Waals surface area contributed by atoms with Gasteiger partial charge in [0, 0.05) is 29.9 Å². The van der Waals surface area contributed by atoms with Crippen molar-refractivity contribution in [2.24, 2.45) is 0 Å². The SMILES string of the molecule is [2H]c1nc(-c2cc(-c3cccc4c3nc(-c3cc(C(C)(C)C)cc(C(C)(C)C)c3O)n4-c3cc(-c4ccccc4)cc(C([2H])(C)C)c3)cc(C(C)(C)C)c2)c([2H])c(-c2c([2H])c([2H])c(C)c([2H])c2[2H])c1[2H]. The highest BCUT2D eigenvalue weighted by molar-refractivity contribution is 5.97. The summed E-state index contributed by atoms with van der Waals surface area (Å²) in [6, 6.07) is 30.2. The van der Waals surface area contributed by atoms with Crippen molar-refractivity contribution < 1.29 is 16.1 Å². The van der Waals surface area contributed by atoms with Gasteiger partial charge in [0.25, 0.3) is 0 Å². The molecule has 2 aromatic heterocycles. The second-order valence-corrected chi connectivity index (χ2v) is 19.7. The summed E-state index contributed by atoms with van der Waals surface area (Å²) in [5, 5.41) is 12.5. The first kappa shape index (κ1) is 33.4. The van der Waals surface area contributed by atoms with Gasteiger partial charge in [-0.15, -0.1) is 0 Å². The lowest BCUT2D eigenvalue weighted by atomic mass is 9.79. The molecule has 0 spiro atoms. The fraction of sp³-hybridized carbons (Fsp3) is 0.276. The van der Waals surface area contributed by atoms with E-state index in [1.165, 1.54) is 6.92 Å². The van der Waals surface area contributed by atoms with Gasteiger partial charge < -0.3 is 5.11 Å². The van der Waals surface area contributed by atoms with Crippen molar-refractivity contribution in [1.82, 2.24) is 14.5 Å². The molecule has 62 heavy (non-hydrogen) atoms. The molecule has 0 bridgehead atoms. The fourth-order valence-electron chi connectivity index (χ4n) is 7.84. The summed E-state index contributed by atoms with van der Waals surface area (Å²) >= 11 is 0. The lowest BCUT2D eigenvalue weighted by Crippen LogP contribution is -2.17. The number of pyridine rings is 1. The molecule has 1 N–H and O–H groups in total. The van der Waals surface area contributed by atoms with Gasteiger partial charge in [-0.05, 0) is 122 Å². The average molecular weight is 824 g/mol. The summed E-state index contributed by atoms with van der Waals surface area (Å²) < 4.78 is 73.6. The van der Waals surface area contributed by atoms with E-state index >= 15 is 0 Å². The van der Waals surface area contributed by atoms with Gasteiger partial charge in [0.05, 0.1) is 31.9 Å². The van der Waals surface area contributed by atoms with Crippen LogP contribution in [0.5, 0.6) is 5.75 Å². The van der Waals surface area contributed by atoms with Crippen molar-refractivity contribution in [3.05, 3.63) is 167 Å². The van der Waals surface area contributed by atoms with E-state index in [2.05, 4.69) is 108 Å². The number of fused-ring (bicyclic) bond motifs is 1. The van der Waals surface area contributed by atoms with Crippen molar-refractivity contribution in [1.29, 1.82) is 0 Å². The predicted octanol–water partition coefficient (Wildman–Crippen LogP) is 15.8. The number of imidazole rings is 1. The summed E-state index contributed by atoms with van der Waals surface area (Å²) in [5.74, 6) is -0.345. The highest BCUT2D eigenvalue weighted by atomic mass is 16.3. The first-order valence-corrected chi connectivity index (χ1v) is 21.3. The van der Waals surface area contributed by atoms with Gasteiger partial charge in [-0.1, -0.05) is 167 Å². The Morgan fingerprint density at radius 3 is 1.95 bits per heavy atom. The third-order valence-electron chi connectivity index (χ3n) is 11.5. The van der Waals surface area contributed by atoms with Crippen LogP contribution in [0, 0.1) is 6.92 Å². The third-order valence-corrected chi connectivity index (χ3v) is 11.5. The number of rotatable bonds is 7. The minimum Gasteiger partial charge on any atom is -0.507 e. The number of benzene rings is 6. The van der Waals surface area contributed by atoms with Gasteiger partial charge in [0.1, 0.15) is 11.6 Å². The van der Waals surface area contributed by atoms with Crippen molar-refractivity contribution in [3.63, 3.8) is 0 Å². The van der Waals surface area contributed by atoms with Crippen LogP contribution in [0.15, 0.2) is 139 Å². The van der Waals surface area contributed by atoms with Gasteiger partial charge in [-0.2, -0.15) is 0 Å². The molecule has 0 aliphatic carbocycles. The van der Waals surface area contributed by atoms with Crippen LogP contribution in [0.3, 0.4) is 0 Å². The normalized spacial score (nSPS) is 14.4. The van der Waals surface area contributed by atoms with Crippen molar-refractivity contribution in [2.75, 3.05) is 0 Å². The monoisotopic (exact) mass is 824 g/mol. The molecule has 6 aromatic carbocycles. The van der Waals surface area contributed by atoms with E-state index in [4.69, 9.17) is 13.2 Å². The topological polar surface area (TPSA) is 50.9 Å². The molecule has 0 radical (unpaired) electrons. The Labute approximate surface area is 380 Å². The quantitative estimate of drug-likeness (QED) is 0.174. The summed E-state index contributed by atoms with van der Waals surface area (Å²) in [4.78, 5) is 10.1. The Balaban J connectivity index is 1.49. The summed E-state index contributed by atoms with van der Waals surface area (Å²) in [7, 11) is 0. The maximum absolute atomic E-state index is 12.5. The smallest absolute Gasteiger partial charge is 0.149 e. The molecule has 0 fully saturated rings. The van der Waals surface area contributed by atoms with Crippen LogP contribution in [0.2, 0.25) is 0 Å². The molecule has 8 rings (SSSR count). The standard InChI is InChI=1S/C58H61N3O/c1-36(2)41-27-42(38-17-14-13-15-18-38)32-47(31-41)61-52-20-16-19-48(53(52)60-55(61)49-34-46(57(7,8)9)35-50(54(49)62)58(10,11)12)43-28-44(30-45(29-43)56(4,5)6)51-33-40(25-26-59-51)39-23-21-37(3)22-24-39/h13-36,62H,1-12H3/i21D,22D,23D,24D,25D,26D,33D,36D. The second kappa shape index (κ2) is 15.9. The second-order valence-electron chi connectivity index (χ2n) is 19.7. The Hall–Kier alpha value is -6.26. The maximum atomic E-state index is 12.5. The third kappa shape index (κ3) is 8.36. The van der Waals surface area contributed by atoms with Crippen LogP contribution in [0.1, 0.15) is 121 Å². The summed E-state index contributed by atoms with van der Waals surface area (Å²) in [6.07, 6.45) is -0.466. The van der Waals surface area contributed by atoms with Crippen LogP contribution in [-0.2, 0) is 16.2 Å². The van der Waals surface area contributed by atoms with Crippen molar-refractivity contribution in [2.45, 2.75) is 105 Å². The lowest BCUT2D eigenvalue weighted by Gasteiger charge is -2.27. The zero-order valence-electron chi connectivity index (χ0n) is 46.0. The molecule has 0 atom stereocenters. The Kier molecular flexibility index (Phi) is 8.55. The van der Waals surface area contributed by atoms with E-state index in [0.717, 1.165) is 55.7 Å². The molecular weight excluding hydrogens is 755 g/mol. The molecular formula is C58H61N3O. The number of phenolic OH excluding ortho intramolecular Hbond substituents is 1. The van der Waals surface area contributed by atoms with E-state index in [1.54, 1.807) is 0 Å². The molecule has 0 aliphatic heterocycles. The predicted molar refractivity (Wildman–Crippen MR) is 263 cm³/mol. The van der Waals surface area contributed by atoms with Crippen molar-refractivity contribution >= 4 is 11.0 Å². The van der Waals surface area contributed by atoms with Gasteiger partial charge in [-0.3, -0.25) is 9.55 Å². The van der Waals surface area contributed by atoms with Crippen LogP contribution < -0.4 is 0 Å². The Morgan fingerprint density at radius 1 is 0.613 bits per heavy atom. The van der Waals surface area contributed by atoms with E-state index in [1.807, 2.05) is 74.5 Å². The van der Waals surface area contributed by atoms with E-state index in [9.17, 15) is 7.85 Å². The molecule has 0 amide bonds. The van der Waals surface area contributed by atoms with E-state index in [-0.39, 0.29) is 63.8 Å². The maximum Gasteiger partial charge on any atom is 0.149 e. The number of hydrogen-bond donors (Lipinski definition) is 1. The van der Waals surface area contributed by atoms with E-state index < -0.39 is 28.9 Å². The number of aromatic nitrogens is 3. The van der Waals surface area contributed by atoms with Crippen LogP contribution >= 0.6 is 0 Å². The highest BCUT2D eigenvalue weighted by Crippen LogP contribution is 2.45. The number of para-hydroxylation sites is 1. The minimum atomic E-state index is -0.975. The van der Waals surface area contributed by atoms with Gasteiger partial charge in [0.15, 0.2) is 0 Å². The van der Waals surface area contributed by atoms with Gasteiger partial charge >= 0.3 is 0 Å². The molecule has 0 unspecified atom stereocenters. The zero-order chi connectivity index (χ0) is 51.3. The Bertz CT molecular complexity index is 3370. The highest BCUT2D eigenvalue weighted by Gasteiger charge is 2.29. The number of nitrogens with zero attached hydrogens (tertiary/aromatic N) is 3. The van der Waals surface area contributed by atoms with Crippen molar-refractivity contribution in [3.8, 4) is 67.5 Å². The Morgan fingerprint density at radius 2 is 1.29 bits per heavy atom. The molecule has 8 aromatic rings. The van der Waals surface area contributed by atoms with Gasteiger partial charge in [-0.25, -0.2) is 4.98 Å². The molecule has 0 saturated carbocycles. The minimum absolute atomic E-state index is 0.0565. The molecule has 4 heteroatoms. The fourth-order valence-corrected chi connectivity index (χ4v) is 7.84. The summed E-state index contributed by atoms with van der Waals surface area (Å²) in [5.41, 5.74) is 8.63. The number of hydrogen-bond acceptors (Lipinski definition) is 3. The van der Waals surface area contributed by atoms with E-state index in [0.29, 0.717) is 22.5 Å². The molecule has 314 valence electrons.